The molecule has 3 heteroatoms. The third kappa shape index (κ3) is 2.66. The van der Waals surface area contributed by atoms with Gasteiger partial charge in [0.15, 0.2) is 0 Å². The van der Waals surface area contributed by atoms with Crippen molar-refractivity contribution < 1.29 is 4.79 Å². The average molecular weight is 246 g/mol. The molecule has 0 fully saturated rings. The van der Waals surface area contributed by atoms with Gasteiger partial charge < -0.3 is 10.2 Å². The third-order valence-corrected chi connectivity index (χ3v) is 3.54. The SMILES string of the molecule is CCCCC(=O)N1CCCc2ccc(NC)cc21. The van der Waals surface area contributed by atoms with Gasteiger partial charge in [-0.2, -0.15) is 0 Å². The third-order valence-electron chi connectivity index (χ3n) is 3.54. The lowest BCUT2D eigenvalue weighted by Crippen LogP contribution is -2.35. The highest BCUT2D eigenvalue weighted by Gasteiger charge is 2.22. The van der Waals surface area contributed by atoms with E-state index in [0.29, 0.717) is 6.42 Å². The molecule has 2 rings (SSSR count). The maximum absolute atomic E-state index is 12.2. The minimum Gasteiger partial charge on any atom is -0.388 e. The van der Waals surface area contributed by atoms with Gasteiger partial charge in [0, 0.05) is 31.4 Å². The van der Waals surface area contributed by atoms with Crippen molar-refractivity contribution in [1.82, 2.24) is 0 Å². The molecular weight excluding hydrogens is 224 g/mol. The quantitative estimate of drug-likeness (QED) is 0.884. The van der Waals surface area contributed by atoms with Crippen molar-refractivity contribution in [2.75, 3.05) is 23.8 Å². The first-order valence-electron chi connectivity index (χ1n) is 6.87. The summed E-state index contributed by atoms with van der Waals surface area (Å²) >= 11 is 0. The number of benzene rings is 1. The zero-order valence-corrected chi connectivity index (χ0v) is 11.3. The van der Waals surface area contributed by atoms with Crippen molar-refractivity contribution in [3.8, 4) is 0 Å². The molecule has 0 aromatic heterocycles. The second-order valence-electron chi connectivity index (χ2n) is 4.85. The summed E-state index contributed by atoms with van der Waals surface area (Å²) in [7, 11) is 1.91. The van der Waals surface area contributed by atoms with Crippen LogP contribution in [0.3, 0.4) is 0 Å². The lowest BCUT2D eigenvalue weighted by Gasteiger charge is -2.30. The summed E-state index contributed by atoms with van der Waals surface area (Å²) in [4.78, 5) is 14.2. The normalized spacial score (nSPS) is 14.2. The van der Waals surface area contributed by atoms with Crippen LogP contribution < -0.4 is 10.2 Å². The summed E-state index contributed by atoms with van der Waals surface area (Å²) in [5.74, 6) is 0.269. The first-order valence-corrected chi connectivity index (χ1v) is 6.87. The molecule has 98 valence electrons. The number of aryl methyl sites for hydroxylation is 1. The topological polar surface area (TPSA) is 32.3 Å². The van der Waals surface area contributed by atoms with Crippen molar-refractivity contribution >= 4 is 17.3 Å². The summed E-state index contributed by atoms with van der Waals surface area (Å²) in [6, 6.07) is 6.32. The minimum absolute atomic E-state index is 0.269. The van der Waals surface area contributed by atoms with Gasteiger partial charge in [0.1, 0.15) is 0 Å². The van der Waals surface area contributed by atoms with E-state index >= 15 is 0 Å². The molecule has 1 N–H and O–H groups in total. The van der Waals surface area contributed by atoms with Gasteiger partial charge in [-0.05, 0) is 37.0 Å². The molecule has 1 amide bonds. The second-order valence-corrected chi connectivity index (χ2v) is 4.85. The lowest BCUT2D eigenvalue weighted by molar-refractivity contribution is -0.118. The Morgan fingerprint density at radius 2 is 2.28 bits per heavy atom. The largest absolute Gasteiger partial charge is 0.388 e. The van der Waals surface area contributed by atoms with Crippen LogP contribution in [0, 0.1) is 0 Å². The number of rotatable bonds is 4. The number of nitrogens with one attached hydrogen (secondary N) is 1. The summed E-state index contributed by atoms with van der Waals surface area (Å²) in [6.07, 6.45) is 4.87. The highest BCUT2D eigenvalue weighted by molar-refractivity contribution is 5.95. The van der Waals surface area contributed by atoms with Crippen LogP contribution in [0.4, 0.5) is 11.4 Å². The molecule has 0 bridgehead atoms. The molecule has 3 nitrogen and oxygen atoms in total. The Morgan fingerprint density at radius 1 is 1.44 bits per heavy atom. The molecule has 0 saturated carbocycles. The van der Waals surface area contributed by atoms with Crippen molar-refractivity contribution in [2.45, 2.75) is 39.0 Å². The standard InChI is InChI=1S/C15H22N2O/c1-3-4-7-15(18)17-10-5-6-12-8-9-13(16-2)11-14(12)17/h8-9,11,16H,3-7,10H2,1-2H3. The smallest absolute Gasteiger partial charge is 0.226 e. The molecule has 18 heavy (non-hydrogen) atoms. The summed E-state index contributed by atoms with van der Waals surface area (Å²) in [5, 5.41) is 3.14. The van der Waals surface area contributed by atoms with Crippen molar-refractivity contribution in [1.29, 1.82) is 0 Å². The van der Waals surface area contributed by atoms with Crippen molar-refractivity contribution in [3.63, 3.8) is 0 Å². The van der Waals surface area contributed by atoms with Gasteiger partial charge in [0.2, 0.25) is 5.91 Å². The molecule has 1 aromatic carbocycles. The summed E-state index contributed by atoms with van der Waals surface area (Å²) in [5.41, 5.74) is 3.48. The van der Waals surface area contributed by atoms with Gasteiger partial charge in [-0.1, -0.05) is 19.4 Å². The Morgan fingerprint density at radius 3 is 3.00 bits per heavy atom. The van der Waals surface area contributed by atoms with Crippen LogP contribution in [-0.4, -0.2) is 19.5 Å². The Balaban J connectivity index is 2.22. The van der Waals surface area contributed by atoms with E-state index in [1.54, 1.807) is 0 Å². The number of amides is 1. The maximum Gasteiger partial charge on any atom is 0.226 e. The van der Waals surface area contributed by atoms with Gasteiger partial charge in [-0.15, -0.1) is 0 Å². The van der Waals surface area contributed by atoms with Crippen LogP contribution in [0.1, 0.15) is 38.2 Å². The number of unbranched alkanes of at least 4 members (excludes halogenated alkanes) is 1. The summed E-state index contributed by atoms with van der Waals surface area (Å²) < 4.78 is 0. The number of hydrogen-bond donors (Lipinski definition) is 1. The predicted octanol–water partition coefficient (Wildman–Crippen LogP) is 3.20. The van der Waals surface area contributed by atoms with Gasteiger partial charge in [0.25, 0.3) is 0 Å². The van der Waals surface area contributed by atoms with E-state index in [-0.39, 0.29) is 5.91 Å². The van der Waals surface area contributed by atoms with Crippen LogP contribution in [0.5, 0.6) is 0 Å². The van der Waals surface area contributed by atoms with E-state index in [4.69, 9.17) is 0 Å². The van der Waals surface area contributed by atoms with Crippen LogP contribution in [-0.2, 0) is 11.2 Å². The van der Waals surface area contributed by atoms with Crippen LogP contribution >= 0.6 is 0 Å². The second kappa shape index (κ2) is 5.89. The maximum atomic E-state index is 12.2. The number of carbonyl (C=O) groups is 1. The Bertz CT molecular complexity index is 429. The molecule has 1 aliphatic rings. The number of hydrogen-bond acceptors (Lipinski definition) is 2. The molecule has 0 atom stereocenters. The van der Waals surface area contributed by atoms with Gasteiger partial charge in [-0.3, -0.25) is 4.79 Å². The molecule has 0 saturated heterocycles. The summed E-state index contributed by atoms with van der Waals surface area (Å²) in [6.45, 7) is 2.99. The Labute approximate surface area is 109 Å². The fourth-order valence-corrected chi connectivity index (χ4v) is 2.45. The zero-order chi connectivity index (χ0) is 13.0. The first-order chi connectivity index (χ1) is 8.76. The van der Waals surface area contributed by atoms with Gasteiger partial charge in [0.05, 0.1) is 0 Å². The fourth-order valence-electron chi connectivity index (χ4n) is 2.45. The molecule has 1 heterocycles. The molecule has 1 aromatic rings. The van der Waals surface area contributed by atoms with Gasteiger partial charge in [-0.25, -0.2) is 0 Å². The zero-order valence-electron chi connectivity index (χ0n) is 11.3. The minimum atomic E-state index is 0.269. The van der Waals surface area contributed by atoms with E-state index in [0.717, 1.165) is 43.6 Å². The number of carbonyl (C=O) groups excluding carboxylic acids is 1. The van der Waals surface area contributed by atoms with E-state index in [1.165, 1.54) is 5.56 Å². The number of nitrogens with zero attached hydrogens (tertiary/aromatic N) is 1. The number of fused-ring (bicyclic) bond motifs is 1. The highest BCUT2D eigenvalue weighted by atomic mass is 16.2. The molecule has 0 radical (unpaired) electrons. The molecular formula is C15H22N2O. The lowest BCUT2D eigenvalue weighted by atomic mass is 10.0. The van der Waals surface area contributed by atoms with Crippen LogP contribution in [0.25, 0.3) is 0 Å². The van der Waals surface area contributed by atoms with E-state index < -0.39 is 0 Å². The van der Waals surface area contributed by atoms with E-state index in [9.17, 15) is 4.79 Å². The Hall–Kier alpha value is -1.51. The van der Waals surface area contributed by atoms with E-state index in [1.807, 2.05) is 11.9 Å². The monoisotopic (exact) mass is 246 g/mol. The molecule has 1 aliphatic heterocycles. The molecule has 0 spiro atoms. The molecule has 0 aliphatic carbocycles. The highest BCUT2D eigenvalue weighted by Crippen LogP contribution is 2.30. The average Bonchev–Trinajstić information content (AvgIpc) is 2.43. The van der Waals surface area contributed by atoms with Gasteiger partial charge >= 0.3 is 0 Å². The van der Waals surface area contributed by atoms with E-state index in [2.05, 4.69) is 30.4 Å². The van der Waals surface area contributed by atoms with Crippen molar-refractivity contribution in [3.05, 3.63) is 23.8 Å². The van der Waals surface area contributed by atoms with Crippen LogP contribution in [0.2, 0.25) is 0 Å². The molecule has 0 unspecified atom stereocenters. The number of anilines is 2. The Kier molecular flexibility index (Phi) is 4.24. The van der Waals surface area contributed by atoms with Crippen LogP contribution in [0.15, 0.2) is 18.2 Å². The predicted molar refractivity (Wildman–Crippen MR) is 76.2 cm³/mol. The first kappa shape index (κ1) is 12.9. The fraction of sp³-hybridized carbons (Fsp3) is 0.533. The van der Waals surface area contributed by atoms with Crippen molar-refractivity contribution in [2.24, 2.45) is 0 Å².